The molecular weight excluding hydrogens is 428 g/mol. The van der Waals surface area contributed by atoms with Crippen molar-refractivity contribution in [1.29, 1.82) is 0 Å². The van der Waals surface area contributed by atoms with Crippen molar-refractivity contribution >= 4 is 35.1 Å². The standard InChI is InChI=1S/C24H33ClN4OS/c1-3-4-5-6-12-26-23(30)20-9-7-8-19(15-20)17-31-24-27-21(25)16-22(28-24)29-13-10-18(2)11-14-29/h7-9,15-16,18H,3-6,10-14,17H2,1-2H3,(H,26,30). The lowest BCUT2D eigenvalue weighted by Crippen LogP contribution is -2.33. The number of benzene rings is 1. The van der Waals surface area contributed by atoms with Crippen LogP contribution in [-0.2, 0) is 5.75 Å². The molecule has 3 rings (SSSR count). The van der Waals surface area contributed by atoms with Crippen LogP contribution in [0, 0.1) is 5.92 Å². The number of rotatable bonds is 10. The van der Waals surface area contributed by atoms with Gasteiger partial charge in [-0.25, -0.2) is 9.97 Å². The monoisotopic (exact) mass is 460 g/mol. The molecule has 0 spiro atoms. The van der Waals surface area contributed by atoms with Gasteiger partial charge in [0.05, 0.1) is 0 Å². The molecule has 1 aromatic heterocycles. The Hall–Kier alpha value is -1.79. The van der Waals surface area contributed by atoms with Gasteiger partial charge in [-0.1, -0.05) is 68.6 Å². The molecule has 1 amide bonds. The van der Waals surface area contributed by atoms with Crippen LogP contribution in [0.4, 0.5) is 5.82 Å². The number of piperidine rings is 1. The van der Waals surface area contributed by atoms with Crippen molar-refractivity contribution in [2.24, 2.45) is 5.92 Å². The van der Waals surface area contributed by atoms with Crippen molar-refractivity contribution in [2.45, 2.75) is 63.3 Å². The van der Waals surface area contributed by atoms with Crippen molar-refractivity contribution in [1.82, 2.24) is 15.3 Å². The number of unbranched alkanes of at least 4 members (excludes halogenated alkanes) is 3. The lowest BCUT2D eigenvalue weighted by atomic mass is 9.99. The van der Waals surface area contributed by atoms with E-state index in [0.717, 1.165) is 49.8 Å². The van der Waals surface area contributed by atoms with E-state index < -0.39 is 0 Å². The molecule has 1 aliphatic rings. The third-order valence-electron chi connectivity index (χ3n) is 5.64. The Kier molecular flexibility index (Phi) is 9.47. The molecule has 1 fully saturated rings. The second-order valence-corrected chi connectivity index (χ2v) is 9.64. The number of thioether (sulfide) groups is 1. The lowest BCUT2D eigenvalue weighted by Gasteiger charge is -2.31. The maximum Gasteiger partial charge on any atom is 0.251 e. The number of aromatic nitrogens is 2. The number of hydrogen-bond acceptors (Lipinski definition) is 5. The minimum absolute atomic E-state index is 0.0102. The van der Waals surface area contributed by atoms with Crippen LogP contribution in [0.5, 0.6) is 0 Å². The summed E-state index contributed by atoms with van der Waals surface area (Å²) in [4.78, 5) is 23.8. The first-order valence-electron chi connectivity index (χ1n) is 11.3. The Bertz CT molecular complexity index is 855. The first-order valence-corrected chi connectivity index (χ1v) is 12.7. The van der Waals surface area contributed by atoms with Gasteiger partial charge in [-0.2, -0.15) is 0 Å². The zero-order valence-corrected chi connectivity index (χ0v) is 20.1. The summed E-state index contributed by atoms with van der Waals surface area (Å²) in [5.41, 5.74) is 1.77. The molecule has 1 aliphatic heterocycles. The molecule has 168 valence electrons. The predicted octanol–water partition coefficient (Wildman–Crippen LogP) is 5.97. The van der Waals surface area contributed by atoms with Gasteiger partial charge < -0.3 is 10.2 Å². The average molecular weight is 461 g/mol. The van der Waals surface area contributed by atoms with Crippen LogP contribution in [0.3, 0.4) is 0 Å². The Morgan fingerprint density at radius 3 is 2.77 bits per heavy atom. The zero-order valence-electron chi connectivity index (χ0n) is 18.6. The number of carbonyl (C=O) groups excluding carboxylic acids is 1. The second-order valence-electron chi connectivity index (χ2n) is 8.31. The molecule has 0 aliphatic carbocycles. The van der Waals surface area contributed by atoms with Crippen LogP contribution < -0.4 is 10.2 Å². The molecule has 1 N–H and O–H groups in total. The summed E-state index contributed by atoms with van der Waals surface area (Å²) >= 11 is 7.83. The van der Waals surface area contributed by atoms with Crippen LogP contribution in [0.25, 0.3) is 0 Å². The zero-order chi connectivity index (χ0) is 22.1. The van der Waals surface area contributed by atoms with E-state index in [2.05, 4.69) is 29.0 Å². The molecule has 0 saturated carbocycles. The summed E-state index contributed by atoms with van der Waals surface area (Å²) in [5, 5.41) is 4.17. The Labute approximate surface area is 195 Å². The van der Waals surface area contributed by atoms with Gasteiger partial charge in [0, 0.05) is 37.0 Å². The largest absolute Gasteiger partial charge is 0.356 e. The van der Waals surface area contributed by atoms with Crippen LogP contribution in [0.15, 0.2) is 35.5 Å². The molecule has 0 bridgehead atoms. The molecule has 1 saturated heterocycles. The Balaban J connectivity index is 1.56. The molecule has 7 heteroatoms. The van der Waals surface area contributed by atoms with Gasteiger partial charge >= 0.3 is 0 Å². The van der Waals surface area contributed by atoms with Crippen molar-refractivity contribution in [3.63, 3.8) is 0 Å². The van der Waals surface area contributed by atoms with E-state index in [1.807, 2.05) is 30.3 Å². The van der Waals surface area contributed by atoms with Gasteiger partial charge in [-0.15, -0.1) is 0 Å². The smallest absolute Gasteiger partial charge is 0.251 e. The first-order chi connectivity index (χ1) is 15.0. The average Bonchev–Trinajstić information content (AvgIpc) is 2.78. The van der Waals surface area contributed by atoms with Crippen LogP contribution in [0.1, 0.15) is 68.3 Å². The third kappa shape index (κ3) is 7.69. The summed E-state index contributed by atoms with van der Waals surface area (Å²) in [6, 6.07) is 9.63. The van der Waals surface area contributed by atoms with E-state index in [1.165, 1.54) is 25.7 Å². The number of anilines is 1. The van der Waals surface area contributed by atoms with Gasteiger partial charge in [0.15, 0.2) is 5.16 Å². The highest BCUT2D eigenvalue weighted by molar-refractivity contribution is 7.98. The van der Waals surface area contributed by atoms with Gasteiger partial charge in [-0.3, -0.25) is 4.79 Å². The number of nitrogens with one attached hydrogen (secondary N) is 1. The summed E-state index contributed by atoms with van der Waals surface area (Å²) < 4.78 is 0. The fourth-order valence-corrected chi connectivity index (χ4v) is 4.68. The summed E-state index contributed by atoms with van der Waals surface area (Å²) in [7, 11) is 0. The van der Waals surface area contributed by atoms with Crippen molar-refractivity contribution in [3.05, 3.63) is 46.6 Å². The highest BCUT2D eigenvalue weighted by atomic mass is 35.5. The molecule has 0 unspecified atom stereocenters. The molecule has 2 aromatic rings. The van der Waals surface area contributed by atoms with E-state index in [0.29, 0.717) is 21.6 Å². The Morgan fingerprint density at radius 1 is 1.19 bits per heavy atom. The quantitative estimate of drug-likeness (QED) is 0.205. The van der Waals surface area contributed by atoms with Gasteiger partial charge in [-0.05, 0) is 42.9 Å². The van der Waals surface area contributed by atoms with Crippen LogP contribution in [0.2, 0.25) is 5.15 Å². The molecule has 1 aromatic carbocycles. The molecule has 5 nitrogen and oxygen atoms in total. The minimum atomic E-state index is -0.0102. The number of amides is 1. The number of hydrogen-bond donors (Lipinski definition) is 1. The van der Waals surface area contributed by atoms with Crippen molar-refractivity contribution < 1.29 is 4.79 Å². The normalized spacial score (nSPS) is 14.6. The number of nitrogens with zero attached hydrogens (tertiary/aromatic N) is 3. The highest BCUT2D eigenvalue weighted by Crippen LogP contribution is 2.27. The van der Waals surface area contributed by atoms with Crippen molar-refractivity contribution in [2.75, 3.05) is 24.5 Å². The number of carbonyl (C=O) groups is 1. The van der Waals surface area contributed by atoms with E-state index in [1.54, 1.807) is 11.8 Å². The van der Waals surface area contributed by atoms with Crippen molar-refractivity contribution in [3.8, 4) is 0 Å². The topological polar surface area (TPSA) is 58.1 Å². The summed E-state index contributed by atoms with van der Waals surface area (Å²) in [6.45, 7) is 7.23. The third-order valence-corrected chi connectivity index (χ3v) is 6.75. The van der Waals surface area contributed by atoms with Crippen LogP contribution >= 0.6 is 23.4 Å². The van der Waals surface area contributed by atoms with E-state index in [-0.39, 0.29) is 5.91 Å². The van der Waals surface area contributed by atoms with E-state index in [4.69, 9.17) is 16.6 Å². The SMILES string of the molecule is CCCCCCNC(=O)c1cccc(CSc2nc(Cl)cc(N3CCC(C)CC3)n2)c1. The highest BCUT2D eigenvalue weighted by Gasteiger charge is 2.18. The fraction of sp³-hybridized carbons (Fsp3) is 0.542. The maximum absolute atomic E-state index is 12.4. The molecule has 2 heterocycles. The van der Waals surface area contributed by atoms with E-state index in [9.17, 15) is 4.79 Å². The lowest BCUT2D eigenvalue weighted by molar-refractivity contribution is 0.0953. The summed E-state index contributed by atoms with van der Waals surface area (Å²) in [5.74, 6) is 2.35. The van der Waals surface area contributed by atoms with Crippen LogP contribution in [-0.4, -0.2) is 35.5 Å². The summed E-state index contributed by atoms with van der Waals surface area (Å²) in [6.07, 6.45) is 6.95. The predicted molar refractivity (Wildman–Crippen MR) is 130 cm³/mol. The molecule has 0 radical (unpaired) electrons. The fourth-order valence-electron chi connectivity index (χ4n) is 3.66. The van der Waals surface area contributed by atoms with Gasteiger partial charge in [0.1, 0.15) is 11.0 Å². The second kappa shape index (κ2) is 12.3. The molecule has 31 heavy (non-hydrogen) atoms. The maximum atomic E-state index is 12.4. The molecule has 0 atom stereocenters. The molecular formula is C24H33ClN4OS. The minimum Gasteiger partial charge on any atom is -0.356 e. The van der Waals surface area contributed by atoms with Gasteiger partial charge in [0.25, 0.3) is 5.91 Å². The van der Waals surface area contributed by atoms with E-state index >= 15 is 0 Å². The first kappa shape index (κ1) is 23.9. The van der Waals surface area contributed by atoms with Gasteiger partial charge in [0.2, 0.25) is 0 Å². The number of halogens is 1. The Morgan fingerprint density at radius 2 is 2.00 bits per heavy atom.